The van der Waals surface area contributed by atoms with Crippen molar-refractivity contribution in [2.75, 3.05) is 6.54 Å². The first-order valence-corrected chi connectivity index (χ1v) is 8.38. The predicted octanol–water partition coefficient (Wildman–Crippen LogP) is 4.74. The molecule has 6 heteroatoms. The van der Waals surface area contributed by atoms with Crippen molar-refractivity contribution in [2.24, 2.45) is 4.99 Å². The van der Waals surface area contributed by atoms with Gasteiger partial charge < -0.3 is 0 Å². The number of para-hydroxylation sites is 1. The molecule has 1 fully saturated rings. The van der Waals surface area contributed by atoms with Crippen molar-refractivity contribution in [1.82, 2.24) is 4.90 Å². The lowest BCUT2D eigenvalue weighted by molar-refractivity contribution is 0.0851. The number of carbonyl (C=O) groups excluding carboxylic acids is 1. The van der Waals surface area contributed by atoms with Gasteiger partial charge in [-0.15, -0.1) is 0 Å². The minimum atomic E-state index is -0.529. The van der Waals surface area contributed by atoms with Gasteiger partial charge in [-0.2, -0.15) is 0 Å². The maximum absolute atomic E-state index is 13.9. The van der Waals surface area contributed by atoms with E-state index in [0.717, 1.165) is 0 Å². The van der Waals surface area contributed by atoms with Crippen LogP contribution in [0.2, 0.25) is 5.02 Å². The summed E-state index contributed by atoms with van der Waals surface area (Å²) in [5.74, 6) is -0.912. The SMILES string of the molecule is C[C@@H]1CN(C(=O)c2ccccc2F)C(=Nc2ccccc2Cl)S1. The lowest BCUT2D eigenvalue weighted by Crippen LogP contribution is -2.33. The Morgan fingerprint density at radius 2 is 1.96 bits per heavy atom. The van der Waals surface area contributed by atoms with Gasteiger partial charge in [-0.1, -0.05) is 54.6 Å². The van der Waals surface area contributed by atoms with E-state index < -0.39 is 5.82 Å². The first kappa shape index (κ1) is 16.0. The smallest absolute Gasteiger partial charge is 0.262 e. The van der Waals surface area contributed by atoms with Gasteiger partial charge in [-0.05, 0) is 24.3 Å². The fourth-order valence-electron chi connectivity index (χ4n) is 2.30. The van der Waals surface area contributed by atoms with Crippen LogP contribution in [0.3, 0.4) is 0 Å². The molecule has 0 unspecified atom stereocenters. The number of carbonyl (C=O) groups is 1. The molecule has 1 aliphatic rings. The van der Waals surface area contributed by atoms with E-state index in [1.807, 2.05) is 19.1 Å². The Morgan fingerprint density at radius 1 is 1.26 bits per heavy atom. The van der Waals surface area contributed by atoms with Crippen LogP contribution in [0.1, 0.15) is 17.3 Å². The third-order valence-electron chi connectivity index (χ3n) is 3.40. The van der Waals surface area contributed by atoms with Crippen LogP contribution in [-0.2, 0) is 0 Å². The summed E-state index contributed by atoms with van der Waals surface area (Å²) in [5, 5.41) is 1.24. The Labute approximate surface area is 143 Å². The average Bonchev–Trinajstić information content (AvgIpc) is 2.90. The lowest BCUT2D eigenvalue weighted by atomic mass is 10.2. The molecule has 2 aromatic carbocycles. The van der Waals surface area contributed by atoms with Crippen molar-refractivity contribution in [3.63, 3.8) is 0 Å². The third kappa shape index (κ3) is 3.41. The minimum absolute atomic E-state index is 0.0501. The maximum atomic E-state index is 13.9. The van der Waals surface area contributed by atoms with Crippen LogP contribution in [0.25, 0.3) is 0 Å². The van der Waals surface area contributed by atoms with Gasteiger partial charge in [-0.3, -0.25) is 9.69 Å². The zero-order chi connectivity index (χ0) is 16.4. The van der Waals surface area contributed by atoms with Gasteiger partial charge in [0.25, 0.3) is 5.91 Å². The number of halogens is 2. The van der Waals surface area contributed by atoms with Gasteiger partial charge in [0.15, 0.2) is 5.17 Å². The fraction of sp³-hybridized carbons (Fsp3) is 0.176. The third-order valence-corrected chi connectivity index (χ3v) is 4.79. The Bertz CT molecular complexity index is 781. The van der Waals surface area contributed by atoms with Crippen LogP contribution < -0.4 is 0 Å². The van der Waals surface area contributed by atoms with Gasteiger partial charge >= 0.3 is 0 Å². The highest BCUT2D eigenvalue weighted by Gasteiger charge is 2.32. The monoisotopic (exact) mass is 348 g/mol. The quantitative estimate of drug-likeness (QED) is 0.785. The zero-order valence-corrected chi connectivity index (χ0v) is 13.9. The summed E-state index contributed by atoms with van der Waals surface area (Å²) in [6, 6.07) is 13.1. The Hall–Kier alpha value is -1.85. The molecule has 0 radical (unpaired) electrons. The van der Waals surface area contributed by atoms with Crippen LogP contribution in [0, 0.1) is 5.82 Å². The Kier molecular flexibility index (Phi) is 4.68. The molecular formula is C17H14ClFN2OS. The molecule has 0 aromatic heterocycles. The molecule has 0 N–H and O–H groups in total. The van der Waals surface area contributed by atoms with E-state index in [2.05, 4.69) is 4.99 Å². The first-order valence-electron chi connectivity index (χ1n) is 7.12. The molecular weight excluding hydrogens is 335 g/mol. The molecule has 2 aromatic rings. The molecule has 1 saturated heterocycles. The van der Waals surface area contributed by atoms with E-state index in [1.54, 1.807) is 24.3 Å². The van der Waals surface area contributed by atoms with Crippen LogP contribution in [0.15, 0.2) is 53.5 Å². The van der Waals surface area contributed by atoms with E-state index in [9.17, 15) is 9.18 Å². The molecule has 1 atom stereocenters. The lowest BCUT2D eigenvalue weighted by Gasteiger charge is -2.16. The van der Waals surface area contributed by atoms with E-state index >= 15 is 0 Å². The van der Waals surface area contributed by atoms with Gasteiger partial charge in [0.1, 0.15) is 5.82 Å². The van der Waals surface area contributed by atoms with Crippen LogP contribution in [0.4, 0.5) is 10.1 Å². The summed E-state index contributed by atoms with van der Waals surface area (Å²) in [5.41, 5.74) is 0.645. The topological polar surface area (TPSA) is 32.7 Å². The van der Waals surface area contributed by atoms with Crippen molar-refractivity contribution in [3.8, 4) is 0 Å². The number of rotatable bonds is 2. The molecule has 1 heterocycles. The molecule has 1 amide bonds. The highest BCUT2D eigenvalue weighted by atomic mass is 35.5. The molecule has 23 heavy (non-hydrogen) atoms. The highest BCUT2D eigenvalue weighted by molar-refractivity contribution is 8.14. The minimum Gasteiger partial charge on any atom is -0.286 e. The Morgan fingerprint density at radius 3 is 2.70 bits per heavy atom. The highest BCUT2D eigenvalue weighted by Crippen LogP contribution is 2.32. The van der Waals surface area contributed by atoms with E-state index in [1.165, 1.54) is 28.8 Å². The Balaban J connectivity index is 1.96. The summed E-state index contributed by atoms with van der Waals surface area (Å²) in [6.07, 6.45) is 0. The van der Waals surface area contributed by atoms with Crippen LogP contribution in [0.5, 0.6) is 0 Å². The van der Waals surface area contributed by atoms with Crippen molar-refractivity contribution < 1.29 is 9.18 Å². The van der Waals surface area contributed by atoms with E-state index in [4.69, 9.17) is 11.6 Å². The number of amidine groups is 1. The summed E-state index contributed by atoms with van der Waals surface area (Å²) in [7, 11) is 0. The van der Waals surface area contributed by atoms with E-state index in [-0.39, 0.29) is 16.7 Å². The van der Waals surface area contributed by atoms with Gasteiger partial charge in [-0.25, -0.2) is 9.38 Å². The first-order chi connectivity index (χ1) is 11.1. The molecule has 3 nitrogen and oxygen atoms in total. The molecule has 118 valence electrons. The maximum Gasteiger partial charge on any atom is 0.262 e. The van der Waals surface area contributed by atoms with Gasteiger partial charge in [0.2, 0.25) is 0 Å². The molecule has 0 saturated carbocycles. The number of aliphatic imine (C=N–C) groups is 1. The molecule has 3 rings (SSSR count). The number of benzene rings is 2. The molecule has 1 aliphatic heterocycles. The average molecular weight is 349 g/mol. The van der Waals surface area contributed by atoms with Crippen LogP contribution in [-0.4, -0.2) is 27.8 Å². The largest absolute Gasteiger partial charge is 0.286 e. The van der Waals surface area contributed by atoms with Crippen molar-refractivity contribution >= 4 is 40.1 Å². The second-order valence-electron chi connectivity index (χ2n) is 5.17. The number of hydrogen-bond acceptors (Lipinski definition) is 3. The molecule has 0 spiro atoms. The predicted molar refractivity (Wildman–Crippen MR) is 93.0 cm³/mol. The normalized spacial score (nSPS) is 19.3. The van der Waals surface area contributed by atoms with Gasteiger partial charge in [0.05, 0.1) is 16.3 Å². The van der Waals surface area contributed by atoms with Crippen molar-refractivity contribution in [3.05, 3.63) is 64.9 Å². The van der Waals surface area contributed by atoms with Crippen molar-refractivity contribution in [2.45, 2.75) is 12.2 Å². The number of thioether (sulfide) groups is 1. The van der Waals surface area contributed by atoms with E-state index in [0.29, 0.717) is 22.4 Å². The molecule has 0 bridgehead atoms. The summed E-state index contributed by atoms with van der Waals surface area (Å²) in [4.78, 5) is 18.7. The van der Waals surface area contributed by atoms with Crippen LogP contribution >= 0.6 is 23.4 Å². The summed E-state index contributed by atoms with van der Waals surface area (Å²) < 4.78 is 13.9. The number of hydrogen-bond donors (Lipinski definition) is 0. The summed E-state index contributed by atoms with van der Waals surface area (Å²) in [6.45, 7) is 2.49. The number of nitrogens with zero attached hydrogens (tertiary/aromatic N) is 2. The van der Waals surface area contributed by atoms with Gasteiger partial charge in [0, 0.05) is 11.8 Å². The zero-order valence-electron chi connectivity index (χ0n) is 12.4. The second-order valence-corrected chi connectivity index (χ2v) is 6.98. The second kappa shape index (κ2) is 6.72. The molecule has 0 aliphatic carbocycles. The van der Waals surface area contributed by atoms with Crippen molar-refractivity contribution in [1.29, 1.82) is 0 Å². The number of amides is 1. The standard InChI is InChI=1S/C17H14ClFN2OS/c1-11-10-21(16(22)12-6-2-4-8-14(12)19)17(23-11)20-15-9-5-3-7-13(15)18/h2-9,11H,10H2,1H3/t11-/m1/s1. The summed E-state index contributed by atoms with van der Waals surface area (Å²) >= 11 is 7.61. The fourth-order valence-corrected chi connectivity index (χ4v) is 3.50.